The molecule has 0 aliphatic carbocycles. The second-order valence-electron chi connectivity index (χ2n) is 6.72. The lowest BCUT2D eigenvalue weighted by atomic mass is 9.99. The van der Waals surface area contributed by atoms with Crippen LogP contribution < -0.4 is 0 Å². The van der Waals surface area contributed by atoms with Gasteiger partial charge in [0, 0.05) is 23.6 Å². The fourth-order valence-electron chi connectivity index (χ4n) is 2.70. The molecule has 6 nitrogen and oxygen atoms in total. The summed E-state index contributed by atoms with van der Waals surface area (Å²) in [5.74, 6) is -0.502. The Morgan fingerprint density at radius 3 is 2.04 bits per heavy atom. The van der Waals surface area contributed by atoms with Crippen LogP contribution in [0, 0.1) is 10.7 Å². The largest absolute Gasteiger partial charge is 0.459 e. The van der Waals surface area contributed by atoms with E-state index in [0.29, 0.717) is 5.56 Å². The average Bonchev–Trinajstić information content (AvgIpc) is 2.48. The third-order valence-electron chi connectivity index (χ3n) is 3.78. The molecular formula is C18H25I3O6. The summed E-state index contributed by atoms with van der Waals surface area (Å²) in [4.78, 5) is 12.6. The Morgan fingerprint density at radius 1 is 0.926 bits per heavy atom. The molecule has 27 heavy (non-hydrogen) atoms. The summed E-state index contributed by atoms with van der Waals surface area (Å²) in [6, 6.07) is 3.70. The number of esters is 1. The first-order valence-corrected chi connectivity index (χ1v) is 11.8. The number of halogens is 3. The van der Waals surface area contributed by atoms with E-state index in [1.54, 1.807) is 19.9 Å². The van der Waals surface area contributed by atoms with Crippen LogP contribution >= 0.6 is 67.8 Å². The van der Waals surface area contributed by atoms with Crippen LogP contribution in [0.3, 0.4) is 0 Å². The van der Waals surface area contributed by atoms with E-state index in [1.165, 1.54) is 0 Å². The number of carbonyl (C=O) groups is 1. The van der Waals surface area contributed by atoms with E-state index in [0.717, 1.165) is 10.7 Å². The van der Waals surface area contributed by atoms with Crippen LogP contribution in [0.4, 0.5) is 0 Å². The van der Waals surface area contributed by atoms with Gasteiger partial charge in [0.05, 0.1) is 30.0 Å². The summed E-state index contributed by atoms with van der Waals surface area (Å²) in [5.41, 5.74) is 0.450. The highest BCUT2D eigenvalue weighted by Gasteiger charge is 2.25. The summed E-state index contributed by atoms with van der Waals surface area (Å²) in [6.07, 6.45) is -3.29. The molecule has 0 aliphatic rings. The molecule has 0 saturated carbocycles. The van der Waals surface area contributed by atoms with Gasteiger partial charge < -0.3 is 25.2 Å². The monoisotopic (exact) mass is 718 g/mol. The zero-order valence-corrected chi connectivity index (χ0v) is 21.6. The summed E-state index contributed by atoms with van der Waals surface area (Å²) < 4.78 is 8.22. The first-order valence-electron chi connectivity index (χ1n) is 8.57. The van der Waals surface area contributed by atoms with Gasteiger partial charge in [-0.05, 0) is 107 Å². The number of carbonyl (C=O) groups excluding carboxylic acids is 1. The SMILES string of the molecule is CC(O)CC(O)CC(O)CC(CC(C)O)OC(=O)c1cc(I)cc(I)c1I. The van der Waals surface area contributed by atoms with Gasteiger partial charge in [0.1, 0.15) is 6.10 Å². The molecule has 154 valence electrons. The van der Waals surface area contributed by atoms with Crippen molar-refractivity contribution < 1.29 is 30.0 Å². The molecule has 0 saturated heterocycles. The van der Waals surface area contributed by atoms with Gasteiger partial charge in [0.25, 0.3) is 0 Å². The molecule has 5 unspecified atom stereocenters. The molecule has 5 atom stereocenters. The Labute approximate surface area is 200 Å². The van der Waals surface area contributed by atoms with Crippen LogP contribution in [-0.2, 0) is 4.74 Å². The highest BCUT2D eigenvalue weighted by molar-refractivity contribution is 14.1. The quantitative estimate of drug-likeness (QED) is 0.169. The number of ether oxygens (including phenoxy) is 1. The Bertz CT molecular complexity index is 623. The Hall–Kier alpha value is 0.720. The summed E-state index contributed by atoms with van der Waals surface area (Å²) in [7, 11) is 0. The van der Waals surface area contributed by atoms with Crippen LogP contribution in [0.15, 0.2) is 12.1 Å². The molecule has 0 amide bonds. The number of benzene rings is 1. The average molecular weight is 718 g/mol. The summed E-state index contributed by atoms with van der Waals surface area (Å²) >= 11 is 6.38. The Balaban J connectivity index is 2.81. The molecule has 4 N–H and O–H groups in total. The minimum atomic E-state index is -0.912. The number of rotatable bonds is 10. The zero-order chi connectivity index (χ0) is 20.7. The molecule has 0 fully saturated rings. The van der Waals surface area contributed by atoms with Crippen molar-refractivity contribution in [1.82, 2.24) is 0 Å². The second kappa shape index (κ2) is 12.4. The van der Waals surface area contributed by atoms with Gasteiger partial charge in [0.15, 0.2) is 0 Å². The molecule has 0 spiro atoms. The van der Waals surface area contributed by atoms with Gasteiger partial charge in [0.2, 0.25) is 0 Å². The zero-order valence-electron chi connectivity index (χ0n) is 15.1. The summed E-state index contributed by atoms with van der Waals surface area (Å²) in [6.45, 7) is 3.16. The molecule has 1 rings (SSSR count). The highest BCUT2D eigenvalue weighted by atomic mass is 127. The lowest BCUT2D eigenvalue weighted by Crippen LogP contribution is -2.30. The second-order valence-corrected chi connectivity index (χ2v) is 10.2. The van der Waals surface area contributed by atoms with Crippen molar-refractivity contribution in [3.05, 3.63) is 28.4 Å². The molecule has 9 heteroatoms. The highest BCUT2D eigenvalue weighted by Crippen LogP contribution is 2.25. The molecule has 0 bridgehead atoms. The van der Waals surface area contributed by atoms with Crippen molar-refractivity contribution >= 4 is 73.7 Å². The van der Waals surface area contributed by atoms with E-state index in [-0.39, 0.29) is 25.7 Å². The minimum absolute atomic E-state index is 0.0669. The fraction of sp³-hybridized carbons (Fsp3) is 0.611. The van der Waals surface area contributed by atoms with Crippen molar-refractivity contribution in [2.45, 2.75) is 70.1 Å². The minimum Gasteiger partial charge on any atom is -0.459 e. The topological polar surface area (TPSA) is 107 Å². The van der Waals surface area contributed by atoms with E-state index in [2.05, 4.69) is 67.8 Å². The van der Waals surface area contributed by atoms with E-state index in [4.69, 9.17) is 4.74 Å². The number of aliphatic hydroxyl groups is 4. The van der Waals surface area contributed by atoms with Crippen LogP contribution in [0.25, 0.3) is 0 Å². The standard InChI is InChI=1S/C18H25I3O6/c1-9(22)3-12(24)7-13(25)8-14(4-10(2)23)27-18(26)15-5-11(19)6-16(20)17(15)21/h5-6,9-10,12-14,22-25H,3-4,7-8H2,1-2H3. The lowest BCUT2D eigenvalue weighted by molar-refractivity contribution is -0.0117. The number of hydrogen-bond donors (Lipinski definition) is 4. The predicted octanol–water partition coefficient (Wildman–Crippen LogP) is 3.07. The van der Waals surface area contributed by atoms with E-state index < -0.39 is 36.5 Å². The van der Waals surface area contributed by atoms with Gasteiger partial charge in [-0.1, -0.05) is 0 Å². The van der Waals surface area contributed by atoms with Crippen molar-refractivity contribution in [2.24, 2.45) is 0 Å². The van der Waals surface area contributed by atoms with Crippen molar-refractivity contribution in [2.75, 3.05) is 0 Å². The fourth-order valence-corrected chi connectivity index (χ4v) is 5.07. The molecule has 0 aliphatic heterocycles. The molecule has 0 heterocycles. The smallest absolute Gasteiger partial charge is 0.339 e. The van der Waals surface area contributed by atoms with E-state index >= 15 is 0 Å². The third kappa shape index (κ3) is 9.85. The first-order chi connectivity index (χ1) is 12.5. The molecule has 0 aromatic heterocycles. The van der Waals surface area contributed by atoms with E-state index in [1.807, 2.05) is 6.07 Å². The third-order valence-corrected chi connectivity index (χ3v) is 7.45. The molecular weight excluding hydrogens is 693 g/mol. The normalized spacial score (nSPS) is 17.1. The Morgan fingerprint density at radius 2 is 1.48 bits per heavy atom. The van der Waals surface area contributed by atoms with Crippen LogP contribution in [0.1, 0.15) is 49.9 Å². The predicted molar refractivity (Wildman–Crippen MR) is 128 cm³/mol. The molecule has 1 aromatic carbocycles. The lowest BCUT2D eigenvalue weighted by Gasteiger charge is -2.24. The van der Waals surface area contributed by atoms with Crippen LogP contribution in [-0.4, -0.2) is 56.9 Å². The van der Waals surface area contributed by atoms with Crippen molar-refractivity contribution in [1.29, 1.82) is 0 Å². The summed E-state index contributed by atoms with van der Waals surface area (Å²) in [5, 5.41) is 39.1. The molecule has 0 radical (unpaired) electrons. The Kier molecular flexibility index (Phi) is 11.9. The van der Waals surface area contributed by atoms with Crippen molar-refractivity contribution in [3.63, 3.8) is 0 Å². The van der Waals surface area contributed by atoms with Gasteiger partial charge in [-0.15, -0.1) is 0 Å². The maximum absolute atomic E-state index is 12.6. The van der Waals surface area contributed by atoms with Crippen LogP contribution in [0.2, 0.25) is 0 Å². The van der Waals surface area contributed by atoms with Crippen molar-refractivity contribution in [3.8, 4) is 0 Å². The maximum atomic E-state index is 12.6. The van der Waals surface area contributed by atoms with Gasteiger partial charge in [-0.2, -0.15) is 0 Å². The maximum Gasteiger partial charge on any atom is 0.339 e. The molecule has 1 aromatic rings. The van der Waals surface area contributed by atoms with Gasteiger partial charge in [-0.25, -0.2) is 4.79 Å². The van der Waals surface area contributed by atoms with Crippen LogP contribution in [0.5, 0.6) is 0 Å². The number of aliphatic hydroxyl groups excluding tert-OH is 4. The number of hydrogen-bond acceptors (Lipinski definition) is 6. The van der Waals surface area contributed by atoms with E-state index in [9.17, 15) is 25.2 Å². The van der Waals surface area contributed by atoms with Gasteiger partial charge in [-0.3, -0.25) is 0 Å². The van der Waals surface area contributed by atoms with Gasteiger partial charge >= 0.3 is 5.97 Å². The first kappa shape index (κ1) is 25.8.